The predicted molar refractivity (Wildman–Crippen MR) is 74.3 cm³/mol. The molecular weight excluding hydrogens is 258 g/mol. The molecule has 114 valence electrons. The van der Waals surface area contributed by atoms with E-state index in [1.807, 2.05) is 18.7 Å². The van der Waals surface area contributed by atoms with Crippen LogP contribution in [0.1, 0.15) is 46.0 Å². The Hall–Kier alpha value is -1.10. The molecule has 0 saturated carbocycles. The number of likely N-dealkylation sites (tertiary alicyclic amines) is 1. The molecule has 4 atom stereocenters. The average Bonchev–Trinajstić information content (AvgIpc) is 2.84. The summed E-state index contributed by atoms with van der Waals surface area (Å²) in [5.41, 5.74) is 0. The number of carbonyl (C=O) groups excluding carboxylic acids is 1. The fourth-order valence-electron chi connectivity index (χ4n) is 3.30. The second-order valence-corrected chi connectivity index (χ2v) is 6.27. The van der Waals surface area contributed by atoms with Gasteiger partial charge in [0.1, 0.15) is 6.10 Å². The van der Waals surface area contributed by atoms with Crippen LogP contribution in [0.25, 0.3) is 0 Å². The Morgan fingerprint density at radius 3 is 2.70 bits per heavy atom. The smallest absolute Gasteiger partial charge is 0.303 e. The Morgan fingerprint density at radius 2 is 2.10 bits per heavy atom. The fourth-order valence-corrected chi connectivity index (χ4v) is 3.30. The first kappa shape index (κ1) is 15.3. The third kappa shape index (κ3) is 3.72. The summed E-state index contributed by atoms with van der Waals surface area (Å²) in [7, 11) is 0. The van der Waals surface area contributed by atoms with Gasteiger partial charge in [0.05, 0.1) is 6.10 Å². The third-order valence-corrected chi connectivity index (χ3v) is 4.58. The van der Waals surface area contributed by atoms with E-state index >= 15 is 0 Å². The van der Waals surface area contributed by atoms with Gasteiger partial charge in [0, 0.05) is 19.5 Å². The highest BCUT2D eigenvalue weighted by atomic mass is 16.5. The van der Waals surface area contributed by atoms with E-state index in [0.717, 1.165) is 32.2 Å². The first-order valence-electron chi connectivity index (χ1n) is 7.63. The molecule has 5 nitrogen and oxygen atoms in total. The lowest BCUT2D eigenvalue weighted by atomic mass is 9.84. The van der Waals surface area contributed by atoms with E-state index in [9.17, 15) is 9.59 Å². The number of amides is 1. The molecule has 2 rings (SSSR count). The van der Waals surface area contributed by atoms with E-state index in [-0.39, 0.29) is 30.5 Å². The number of aliphatic carboxylic acids is 1. The number of hydrogen-bond acceptors (Lipinski definition) is 3. The van der Waals surface area contributed by atoms with Crippen molar-refractivity contribution in [3.05, 3.63) is 0 Å². The molecule has 0 spiro atoms. The molecule has 5 heteroatoms. The van der Waals surface area contributed by atoms with Crippen LogP contribution in [0.2, 0.25) is 0 Å². The Morgan fingerprint density at radius 1 is 1.35 bits per heavy atom. The van der Waals surface area contributed by atoms with Crippen LogP contribution >= 0.6 is 0 Å². The Labute approximate surface area is 120 Å². The van der Waals surface area contributed by atoms with Crippen molar-refractivity contribution in [3.8, 4) is 0 Å². The van der Waals surface area contributed by atoms with Crippen LogP contribution in [0.4, 0.5) is 0 Å². The largest absolute Gasteiger partial charge is 0.481 e. The topological polar surface area (TPSA) is 66.8 Å². The van der Waals surface area contributed by atoms with Gasteiger partial charge in [-0.1, -0.05) is 6.92 Å². The number of carboxylic acid groups (broad SMARTS) is 1. The summed E-state index contributed by atoms with van der Waals surface area (Å²) in [5.74, 6) is -0.246. The van der Waals surface area contributed by atoms with Crippen LogP contribution in [-0.2, 0) is 14.3 Å². The Balaban J connectivity index is 1.89. The van der Waals surface area contributed by atoms with Gasteiger partial charge in [-0.2, -0.15) is 0 Å². The van der Waals surface area contributed by atoms with Crippen molar-refractivity contribution >= 4 is 11.9 Å². The van der Waals surface area contributed by atoms with Gasteiger partial charge in [0.2, 0.25) is 0 Å². The number of rotatable bonds is 4. The molecule has 0 aromatic heterocycles. The SMILES string of the molecule is CC1CCC(C(=O)N2CCCC(C(C)CC(=O)O)C2)O1. The summed E-state index contributed by atoms with van der Waals surface area (Å²) in [6, 6.07) is 0. The van der Waals surface area contributed by atoms with Gasteiger partial charge in [-0.15, -0.1) is 0 Å². The number of piperidine rings is 1. The van der Waals surface area contributed by atoms with Gasteiger partial charge in [-0.25, -0.2) is 0 Å². The maximum atomic E-state index is 12.4. The Bertz CT molecular complexity index is 371. The summed E-state index contributed by atoms with van der Waals surface area (Å²) >= 11 is 0. The molecule has 0 bridgehead atoms. The maximum Gasteiger partial charge on any atom is 0.303 e. The van der Waals surface area contributed by atoms with Gasteiger partial charge in [-0.3, -0.25) is 9.59 Å². The summed E-state index contributed by atoms with van der Waals surface area (Å²) in [6.45, 7) is 5.44. The highest BCUT2D eigenvalue weighted by Crippen LogP contribution is 2.28. The van der Waals surface area contributed by atoms with Crippen LogP contribution in [0, 0.1) is 11.8 Å². The molecular formula is C15H25NO4. The van der Waals surface area contributed by atoms with Crippen molar-refractivity contribution in [1.82, 2.24) is 4.90 Å². The number of carbonyl (C=O) groups is 2. The third-order valence-electron chi connectivity index (χ3n) is 4.58. The fraction of sp³-hybridized carbons (Fsp3) is 0.867. The highest BCUT2D eigenvalue weighted by Gasteiger charge is 2.35. The van der Waals surface area contributed by atoms with Crippen molar-refractivity contribution in [1.29, 1.82) is 0 Å². The first-order valence-corrected chi connectivity index (χ1v) is 7.63. The van der Waals surface area contributed by atoms with Crippen LogP contribution < -0.4 is 0 Å². The molecule has 1 amide bonds. The van der Waals surface area contributed by atoms with E-state index in [4.69, 9.17) is 9.84 Å². The second kappa shape index (κ2) is 6.57. The molecule has 1 N–H and O–H groups in total. The summed E-state index contributed by atoms with van der Waals surface area (Å²) in [6.07, 6.45) is 3.82. The minimum absolute atomic E-state index is 0.0987. The van der Waals surface area contributed by atoms with Crippen LogP contribution in [-0.4, -0.2) is 47.2 Å². The van der Waals surface area contributed by atoms with E-state index in [0.29, 0.717) is 12.5 Å². The molecule has 0 aliphatic carbocycles. The number of ether oxygens (including phenoxy) is 1. The molecule has 4 unspecified atom stereocenters. The highest BCUT2D eigenvalue weighted by molar-refractivity contribution is 5.81. The standard InChI is InChI=1S/C15H25NO4/c1-10(8-14(17)18)12-4-3-7-16(9-12)15(19)13-6-5-11(2)20-13/h10-13H,3-9H2,1-2H3,(H,17,18). The van der Waals surface area contributed by atoms with E-state index in [2.05, 4.69) is 0 Å². The lowest BCUT2D eigenvalue weighted by molar-refractivity contribution is -0.145. The van der Waals surface area contributed by atoms with E-state index in [1.54, 1.807) is 0 Å². The minimum atomic E-state index is -0.756. The van der Waals surface area contributed by atoms with Crippen LogP contribution in [0.3, 0.4) is 0 Å². The molecule has 2 saturated heterocycles. The zero-order valence-electron chi connectivity index (χ0n) is 12.4. The first-order chi connectivity index (χ1) is 9.47. The lowest BCUT2D eigenvalue weighted by Gasteiger charge is -2.36. The average molecular weight is 283 g/mol. The van der Waals surface area contributed by atoms with Crippen molar-refractivity contribution in [2.24, 2.45) is 11.8 Å². The van der Waals surface area contributed by atoms with Gasteiger partial charge < -0.3 is 14.7 Å². The molecule has 0 aromatic rings. The lowest BCUT2D eigenvalue weighted by Crippen LogP contribution is -2.46. The van der Waals surface area contributed by atoms with E-state index in [1.165, 1.54) is 0 Å². The molecule has 2 aliphatic heterocycles. The van der Waals surface area contributed by atoms with Gasteiger partial charge in [0.15, 0.2) is 0 Å². The van der Waals surface area contributed by atoms with Gasteiger partial charge in [-0.05, 0) is 44.4 Å². The second-order valence-electron chi connectivity index (χ2n) is 6.27. The molecule has 2 aliphatic rings. The Kier molecular flexibility index (Phi) is 5.02. The molecule has 2 heterocycles. The quantitative estimate of drug-likeness (QED) is 0.855. The van der Waals surface area contributed by atoms with Crippen molar-refractivity contribution < 1.29 is 19.4 Å². The minimum Gasteiger partial charge on any atom is -0.481 e. The molecule has 2 fully saturated rings. The molecule has 20 heavy (non-hydrogen) atoms. The van der Waals surface area contributed by atoms with Gasteiger partial charge in [0.25, 0.3) is 5.91 Å². The summed E-state index contributed by atoms with van der Waals surface area (Å²) in [4.78, 5) is 25.1. The van der Waals surface area contributed by atoms with Crippen molar-refractivity contribution in [2.75, 3.05) is 13.1 Å². The number of hydrogen-bond donors (Lipinski definition) is 1. The van der Waals surface area contributed by atoms with E-state index < -0.39 is 5.97 Å². The monoisotopic (exact) mass is 283 g/mol. The maximum absolute atomic E-state index is 12.4. The molecule has 0 aromatic carbocycles. The normalized spacial score (nSPS) is 32.1. The molecule has 0 radical (unpaired) electrons. The van der Waals surface area contributed by atoms with Crippen molar-refractivity contribution in [3.63, 3.8) is 0 Å². The number of carboxylic acids is 1. The summed E-state index contributed by atoms with van der Waals surface area (Å²) < 4.78 is 5.65. The predicted octanol–water partition coefficient (Wildman–Crippen LogP) is 1.90. The number of nitrogens with zero attached hydrogens (tertiary/aromatic N) is 1. The van der Waals surface area contributed by atoms with Crippen LogP contribution in [0.5, 0.6) is 0 Å². The zero-order chi connectivity index (χ0) is 14.7. The van der Waals surface area contributed by atoms with Crippen LogP contribution in [0.15, 0.2) is 0 Å². The summed E-state index contributed by atoms with van der Waals surface area (Å²) in [5, 5.41) is 8.89. The van der Waals surface area contributed by atoms with Crippen molar-refractivity contribution in [2.45, 2.75) is 58.2 Å². The van der Waals surface area contributed by atoms with Gasteiger partial charge >= 0.3 is 5.97 Å². The zero-order valence-corrected chi connectivity index (χ0v) is 12.4.